The van der Waals surface area contributed by atoms with Gasteiger partial charge < -0.3 is 4.74 Å². The van der Waals surface area contributed by atoms with Gasteiger partial charge in [0.05, 0.1) is 18.6 Å². The van der Waals surface area contributed by atoms with Crippen molar-refractivity contribution in [2.24, 2.45) is 15.9 Å². The molecule has 4 nitrogen and oxygen atoms in total. The van der Waals surface area contributed by atoms with Crippen LogP contribution >= 0.6 is 22.6 Å². The molecule has 0 saturated carbocycles. The zero-order valence-corrected chi connectivity index (χ0v) is 9.56. The van der Waals surface area contributed by atoms with Crippen LogP contribution in [0.4, 0.5) is 0 Å². The number of hydrogen-bond acceptors (Lipinski definition) is 4. The molecule has 0 fully saturated rings. The number of halogens is 1. The van der Waals surface area contributed by atoms with Gasteiger partial charge in [-0.1, -0.05) is 6.08 Å². The average Bonchev–Trinajstić information content (AvgIpc) is 2.59. The summed E-state index contributed by atoms with van der Waals surface area (Å²) >= 11 is 2.19. The molecule has 0 spiro atoms. The zero-order valence-electron chi connectivity index (χ0n) is 7.40. The summed E-state index contributed by atoms with van der Waals surface area (Å²) in [5.41, 5.74) is 0.487. The number of methoxy groups -OCH3 is 1. The fourth-order valence-electron chi connectivity index (χ4n) is 1.28. The second kappa shape index (κ2) is 3.64. The van der Waals surface area contributed by atoms with Gasteiger partial charge in [0, 0.05) is 16.0 Å². The van der Waals surface area contributed by atoms with Gasteiger partial charge >= 0.3 is 5.97 Å². The molecule has 0 saturated heterocycles. The van der Waals surface area contributed by atoms with Crippen molar-refractivity contribution >= 4 is 40.6 Å². The number of amidine groups is 1. The number of nitrogens with zero attached hydrogens (tertiary/aromatic N) is 2. The second-order valence-electron chi connectivity index (χ2n) is 2.85. The average molecular weight is 302 g/mol. The monoisotopic (exact) mass is 302 g/mol. The molecule has 72 valence electrons. The fourth-order valence-corrected chi connectivity index (χ4v) is 1.87. The van der Waals surface area contributed by atoms with Gasteiger partial charge in [-0.3, -0.25) is 0 Å². The summed E-state index contributed by atoms with van der Waals surface area (Å²) in [5.74, 6) is 0.417. The number of hydrogen-bond donors (Lipinski definition) is 0. The molecule has 14 heavy (non-hydrogen) atoms. The molecule has 2 aliphatic heterocycles. The summed E-state index contributed by atoms with van der Waals surface area (Å²) in [6.07, 6.45) is 5.07. The molecular formula is C9H7IN2O2. The number of carbonyl (C=O) groups is 1. The number of dihydropyridines is 1. The molecule has 2 aliphatic rings. The quantitative estimate of drug-likeness (QED) is 0.544. The van der Waals surface area contributed by atoms with Crippen molar-refractivity contribution in [2.45, 2.75) is 0 Å². The van der Waals surface area contributed by atoms with Crippen LogP contribution in [0, 0.1) is 5.92 Å². The van der Waals surface area contributed by atoms with E-state index < -0.39 is 0 Å². The largest absolute Gasteiger partial charge is 0.465 e. The Bertz CT molecular complexity index is 407. The maximum atomic E-state index is 11.2. The lowest BCUT2D eigenvalue weighted by Crippen LogP contribution is -2.17. The van der Waals surface area contributed by atoms with Crippen LogP contribution in [0.2, 0.25) is 0 Å². The predicted molar refractivity (Wildman–Crippen MR) is 61.6 cm³/mol. The maximum absolute atomic E-state index is 11.2. The molecule has 2 heterocycles. The van der Waals surface area contributed by atoms with E-state index in [1.54, 1.807) is 6.20 Å². The SMILES string of the molecule is COC(=O)C1=C[C@@H]2C(I)=CN=C2N=C1. The summed E-state index contributed by atoms with van der Waals surface area (Å²) in [6.45, 7) is 0. The predicted octanol–water partition coefficient (Wildman–Crippen LogP) is 1.47. The Morgan fingerprint density at radius 3 is 3.14 bits per heavy atom. The smallest absolute Gasteiger partial charge is 0.339 e. The van der Waals surface area contributed by atoms with Gasteiger partial charge in [0.1, 0.15) is 5.84 Å². The molecular weight excluding hydrogens is 295 g/mol. The Kier molecular flexibility index (Phi) is 2.49. The zero-order chi connectivity index (χ0) is 10.1. The number of esters is 1. The van der Waals surface area contributed by atoms with E-state index in [-0.39, 0.29) is 11.9 Å². The van der Waals surface area contributed by atoms with Crippen LogP contribution in [0.5, 0.6) is 0 Å². The minimum absolute atomic E-state index is 0.0368. The molecule has 1 atom stereocenters. The summed E-state index contributed by atoms with van der Waals surface area (Å²) in [5, 5.41) is 0. The van der Waals surface area contributed by atoms with E-state index in [0.29, 0.717) is 5.57 Å². The van der Waals surface area contributed by atoms with E-state index in [4.69, 9.17) is 0 Å². The van der Waals surface area contributed by atoms with Crippen molar-refractivity contribution < 1.29 is 9.53 Å². The van der Waals surface area contributed by atoms with Gasteiger partial charge in [-0.25, -0.2) is 14.8 Å². The Hall–Kier alpha value is -0.980. The van der Waals surface area contributed by atoms with Crippen molar-refractivity contribution in [3.63, 3.8) is 0 Å². The summed E-state index contributed by atoms with van der Waals surface area (Å²) < 4.78 is 5.68. The first kappa shape index (κ1) is 9.57. The van der Waals surface area contributed by atoms with Crippen LogP contribution < -0.4 is 0 Å². The molecule has 0 unspecified atom stereocenters. The van der Waals surface area contributed by atoms with Crippen molar-refractivity contribution in [2.75, 3.05) is 7.11 Å². The third-order valence-corrected chi connectivity index (χ3v) is 2.95. The standard InChI is InChI=1S/C9H7IN2O2/c1-14-9(13)5-2-6-7(10)4-12-8(6)11-3-5/h2-4,6H,1H3/t6-/m1/s1. The van der Waals surface area contributed by atoms with Crippen LogP contribution in [0.1, 0.15) is 0 Å². The summed E-state index contributed by atoms with van der Waals surface area (Å²) in [6, 6.07) is 0. The lowest BCUT2D eigenvalue weighted by molar-refractivity contribution is -0.135. The van der Waals surface area contributed by atoms with E-state index in [9.17, 15) is 4.79 Å². The molecule has 0 N–H and O–H groups in total. The van der Waals surface area contributed by atoms with Crippen LogP contribution in [0.25, 0.3) is 0 Å². The van der Waals surface area contributed by atoms with E-state index in [1.807, 2.05) is 6.08 Å². The van der Waals surface area contributed by atoms with Crippen molar-refractivity contribution in [3.8, 4) is 0 Å². The third kappa shape index (κ3) is 1.52. The Labute approximate surface area is 94.6 Å². The van der Waals surface area contributed by atoms with Crippen LogP contribution in [-0.2, 0) is 9.53 Å². The lowest BCUT2D eigenvalue weighted by atomic mass is 10.0. The first-order valence-electron chi connectivity index (χ1n) is 4.00. The molecule has 0 aromatic rings. The molecule has 0 aliphatic carbocycles. The van der Waals surface area contributed by atoms with Gasteiger partial charge in [-0.15, -0.1) is 0 Å². The summed E-state index contributed by atoms with van der Waals surface area (Å²) in [4.78, 5) is 19.4. The third-order valence-electron chi connectivity index (χ3n) is 2.00. The maximum Gasteiger partial charge on any atom is 0.339 e. The highest BCUT2D eigenvalue weighted by Crippen LogP contribution is 2.30. The molecule has 0 bridgehead atoms. The van der Waals surface area contributed by atoms with Gasteiger partial charge in [-0.05, 0) is 22.6 Å². The highest BCUT2D eigenvalue weighted by atomic mass is 127. The van der Waals surface area contributed by atoms with E-state index in [0.717, 1.165) is 9.42 Å². The molecule has 5 heteroatoms. The molecule has 0 amide bonds. The topological polar surface area (TPSA) is 51.0 Å². The van der Waals surface area contributed by atoms with Crippen molar-refractivity contribution in [3.05, 3.63) is 21.4 Å². The highest BCUT2D eigenvalue weighted by Gasteiger charge is 2.26. The number of aliphatic imine (C=N–C) groups is 2. The number of carbonyl (C=O) groups excluding carboxylic acids is 1. The first-order chi connectivity index (χ1) is 6.72. The van der Waals surface area contributed by atoms with Gasteiger partial charge in [0.2, 0.25) is 0 Å². The van der Waals surface area contributed by atoms with Crippen LogP contribution in [-0.4, -0.2) is 25.1 Å². The Balaban J connectivity index is 2.29. The van der Waals surface area contributed by atoms with Crippen LogP contribution in [0.15, 0.2) is 31.4 Å². The van der Waals surface area contributed by atoms with Crippen molar-refractivity contribution in [1.29, 1.82) is 0 Å². The molecule has 0 aromatic heterocycles. The number of ether oxygens (including phenoxy) is 1. The Morgan fingerprint density at radius 1 is 1.64 bits per heavy atom. The highest BCUT2D eigenvalue weighted by molar-refractivity contribution is 14.1. The van der Waals surface area contributed by atoms with Gasteiger partial charge in [-0.2, -0.15) is 0 Å². The number of rotatable bonds is 1. The molecule has 0 radical (unpaired) electrons. The number of fused-ring (bicyclic) bond motifs is 1. The van der Waals surface area contributed by atoms with Gasteiger partial charge in [0.25, 0.3) is 0 Å². The summed E-state index contributed by atoms with van der Waals surface area (Å²) in [7, 11) is 1.36. The van der Waals surface area contributed by atoms with Crippen molar-refractivity contribution in [1.82, 2.24) is 0 Å². The molecule has 2 rings (SSSR count). The normalized spacial score (nSPS) is 23.6. The van der Waals surface area contributed by atoms with Gasteiger partial charge in [0.15, 0.2) is 0 Å². The minimum Gasteiger partial charge on any atom is -0.465 e. The van der Waals surface area contributed by atoms with E-state index in [1.165, 1.54) is 13.3 Å². The lowest BCUT2D eigenvalue weighted by Gasteiger charge is -2.11. The fraction of sp³-hybridized carbons (Fsp3) is 0.222. The van der Waals surface area contributed by atoms with E-state index in [2.05, 4.69) is 37.3 Å². The first-order valence-corrected chi connectivity index (χ1v) is 5.07. The second-order valence-corrected chi connectivity index (χ2v) is 4.10. The minimum atomic E-state index is -0.357. The Morgan fingerprint density at radius 2 is 2.43 bits per heavy atom. The van der Waals surface area contributed by atoms with Crippen LogP contribution in [0.3, 0.4) is 0 Å². The molecule has 0 aromatic carbocycles. The van der Waals surface area contributed by atoms with E-state index >= 15 is 0 Å².